The Bertz CT molecular complexity index is 815. The maximum atomic E-state index is 12.4. The fraction of sp³-hybridized carbons (Fsp3) is 0.118. The molecular formula is C17H14N2O2S. The van der Waals surface area contributed by atoms with Crippen LogP contribution < -0.4 is 4.74 Å². The molecule has 4 nitrogen and oxygen atoms in total. The molecule has 0 bridgehead atoms. The van der Waals surface area contributed by atoms with E-state index in [9.17, 15) is 4.79 Å². The standard InChI is InChI=1S/C17H14N2O2S/c1-21-16-9-5-3-7-13(16)15(20)10-22-17-12-6-2-4-8-14(12)18-11-19-17/h2-9,11H,10H2,1H3. The molecule has 3 aromatic rings. The fourth-order valence-corrected chi connectivity index (χ4v) is 3.05. The first-order valence-electron chi connectivity index (χ1n) is 6.78. The van der Waals surface area contributed by atoms with Crippen molar-refractivity contribution in [1.29, 1.82) is 0 Å². The van der Waals surface area contributed by atoms with Gasteiger partial charge in [0.05, 0.1) is 23.9 Å². The summed E-state index contributed by atoms with van der Waals surface area (Å²) in [5, 5.41) is 1.77. The second kappa shape index (κ2) is 6.58. The van der Waals surface area contributed by atoms with Gasteiger partial charge in [0, 0.05) is 5.39 Å². The molecule has 0 aliphatic heterocycles. The summed E-state index contributed by atoms with van der Waals surface area (Å²) in [5.74, 6) is 0.923. The molecule has 110 valence electrons. The Balaban J connectivity index is 1.81. The highest BCUT2D eigenvalue weighted by molar-refractivity contribution is 8.00. The highest BCUT2D eigenvalue weighted by Crippen LogP contribution is 2.26. The average molecular weight is 310 g/mol. The zero-order valence-corrected chi connectivity index (χ0v) is 12.8. The Morgan fingerprint density at radius 1 is 1.09 bits per heavy atom. The molecule has 0 saturated carbocycles. The minimum Gasteiger partial charge on any atom is -0.496 e. The summed E-state index contributed by atoms with van der Waals surface area (Å²) < 4.78 is 5.23. The van der Waals surface area contributed by atoms with Crippen LogP contribution in [-0.4, -0.2) is 28.6 Å². The summed E-state index contributed by atoms with van der Waals surface area (Å²) in [6, 6.07) is 15.0. The number of rotatable bonds is 5. The van der Waals surface area contributed by atoms with Crippen LogP contribution in [-0.2, 0) is 0 Å². The molecule has 0 aliphatic carbocycles. The fourth-order valence-electron chi connectivity index (χ4n) is 2.18. The van der Waals surface area contributed by atoms with Crippen LogP contribution in [0, 0.1) is 0 Å². The Hall–Kier alpha value is -2.40. The third-order valence-corrected chi connectivity index (χ3v) is 4.26. The van der Waals surface area contributed by atoms with Crippen molar-refractivity contribution in [1.82, 2.24) is 9.97 Å². The van der Waals surface area contributed by atoms with Gasteiger partial charge in [0.25, 0.3) is 0 Å². The lowest BCUT2D eigenvalue weighted by molar-refractivity contribution is 0.101. The van der Waals surface area contributed by atoms with Crippen LogP contribution in [0.1, 0.15) is 10.4 Å². The summed E-state index contributed by atoms with van der Waals surface area (Å²) in [6.07, 6.45) is 1.53. The third-order valence-electron chi connectivity index (χ3n) is 3.25. The van der Waals surface area contributed by atoms with Crippen molar-refractivity contribution in [2.24, 2.45) is 0 Å². The van der Waals surface area contributed by atoms with Gasteiger partial charge in [-0.1, -0.05) is 42.1 Å². The maximum Gasteiger partial charge on any atom is 0.176 e. The molecule has 0 spiro atoms. The number of methoxy groups -OCH3 is 1. The molecule has 0 atom stereocenters. The van der Waals surface area contributed by atoms with E-state index in [0.29, 0.717) is 17.1 Å². The molecule has 0 aliphatic rings. The molecule has 0 saturated heterocycles. The van der Waals surface area contributed by atoms with Gasteiger partial charge in [-0.25, -0.2) is 9.97 Å². The lowest BCUT2D eigenvalue weighted by Crippen LogP contribution is -2.05. The van der Waals surface area contributed by atoms with Gasteiger partial charge < -0.3 is 4.74 Å². The number of aromatic nitrogens is 2. The number of carbonyl (C=O) groups is 1. The molecule has 0 N–H and O–H groups in total. The summed E-state index contributed by atoms with van der Waals surface area (Å²) in [6.45, 7) is 0. The number of fused-ring (bicyclic) bond motifs is 1. The molecule has 0 amide bonds. The van der Waals surface area contributed by atoms with E-state index in [1.54, 1.807) is 19.2 Å². The van der Waals surface area contributed by atoms with Crippen LogP contribution in [0.3, 0.4) is 0 Å². The van der Waals surface area contributed by atoms with Gasteiger partial charge in [0.15, 0.2) is 5.78 Å². The Kier molecular flexibility index (Phi) is 4.34. The molecule has 2 aromatic carbocycles. The van der Waals surface area contributed by atoms with Crippen LogP contribution in [0.4, 0.5) is 0 Å². The third kappa shape index (κ3) is 2.94. The number of benzene rings is 2. The second-order valence-corrected chi connectivity index (χ2v) is 5.57. The Morgan fingerprint density at radius 3 is 2.73 bits per heavy atom. The number of thioether (sulfide) groups is 1. The number of para-hydroxylation sites is 2. The number of ketones is 1. The zero-order valence-electron chi connectivity index (χ0n) is 12.0. The van der Waals surface area contributed by atoms with Crippen molar-refractivity contribution in [2.75, 3.05) is 12.9 Å². The number of ether oxygens (including phenoxy) is 1. The Morgan fingerprint density at radius 2 is 1.86 bits per heavy atom. The number of Topliss-reactive ketones (excluding diaryl/α,β-unsaturated/α-hetero) is 1. The smallest absolute Gasteiger partial charge is 0.176 e. The van der Waals surface area contributed by atoms with E-state index in [4.69, 9.17) is 4.74 Å². The molecule has 5 heteroatoms. The molecule has 0 unspecified atom stereocenters. The first-order chi connectivity index (χ1) is 10.8. The van der Waals surface area contributed by atoms with E-state index in [1.165, 1.54) is 18.1 Å². The average Bonchev–Trinajstić information content (AvgIpc) is 2.59. The van der Waals surface area contributed by atoms with Crippen LogP contribution in [0.25, 0.3) is 10.9 Å². The Labute approximate surface area is 132 Å². The van der Waals surface area contributed by atoms with E-state index in [0.717, 1.165) is 15.9 Å². The predicted molar refractivity (Wildman–Crippen MR) is 87.6 cm³/mol. The van der Waals surface area contributed by atoms with Gasteiger partial charge in [-0.3, -0.25) is 4.79 Å². The van der Waals surface area contributed by atoms with Crippen molar-refractivity contribution in [2.45, 2.75) is 5.03 Å². The number of hydrogen-bond donors (Lipinski definition) is 0. The number of nitrogens with zero attached hydrogens (tertiary/aromatic N) is 2. The van der Waals surface area contributed by atoms with Crippen molar-refractivity contribution < 1.29 is 9.53 Å². The predicted octanol–water partition coefficient (Wildman–Crippen LogP) is 3.61. The van der Waals surface area contributed by atoms with Gasteiger partial charge >= 0.3 is 0 Å². The lowest BCUT2D eigenvalue weighted by Gasteiger charge is -2.07. The summed E-state index contributed by atoms with van der Waals surface area (Å²) >= 11 is 1.42. The molecule has 22 heavy (non-hydrogen) atoms. The number of carbonyl (C=O) groups excluding carboxylic acids is 1. The summed E-state index contributed by atoms with van der Waals surface area (Å²) in [4.78, 5) is 20.9. The van der Waals surface area contributed by atoms with Crippen LogP contribution in [0.15, 0.2) is 59.9 Å². The van der Waals surface area contributed by atoms with Crippen molar-refractivity contribution in [3.63, 3.8) is 0 Å². The summed E-state index contributed by atoms with van der Waals surface area (Å²) in [5.41, 5.74) is 1.47. The maximum absolute atomic E-state index is 12.4. The molecule has 0 radical (unpaired) electrons. The quantitative estimate of drug-likeness (QED) is 0.409. The first kappa shape index (κ1) is 14.5. The van der Waals surface area contributed by atoms with E-state index in [2.05, 4.69) is 9.97 Å². The van der Waals surface area contributed by atoms with E-state index in [1.807, 2.05) is 36.4 Å². The van der Waals surface area contributed by atoms with E-state index >= 15 is 0 Å². The SMILES string of the molecule is COc1ccccc1C(=O)CSc1ncnc2ccccc12. The monoisotopic (exact) mass is 310 g/mol. The summed E-state index contributed by atoms with van der Waals surface area (Å²) in [7, 11) is 1.57. The lowest BCUT2D eigenvalue weighted by atomic mass is 10.1. The van der Waals surface area contributed by atoms with Gasteiger partial charge in [-0.15, -0.1) is 0 Å². The largest absolute Gasteiger partial charge is 0.496 e. The second-order valence-electron chi connectivity index (χ2n) is 4.61. The molecular weight excluding hydrogens is 296 g/mol. The number of hydrogen-bond acceptors (Lipinski definition) is 5. The van der Waals surface area contributed by atoms with Gasteiger partial charge in [0.1, 0.15) is 17.1 Å². The highest BCUT2D eigenvalue weighted by atomic mass is 32.2. The normalized spacial score (nSPS) is 10.6. The zero-order chi connectivity index (χ0) is 15.4. The topological polar surface area (TPSA) is 52.1 Å². The van der Waals surface area contributed by atoms with Crippen LogP contribution >= 0.6 is 11.8 Å². The molecule has 0 fully saturated rings. The molecule has 1 aromatic heterocycles. The minimum atomic E-state index is 0.0187. The van der Waals surface area contributed by atoms with Gasteiger partial charge in [-0.05, 0) is 18.2 Å². The van der Waals surface area contributed by atoms with E-state index in [-0.39, 0.29) is 5.78 Å². The van der Waals surface area contributed by atoms with Crippen molar-refractivity contribution in [3.8, 4) is 5.75 Å². The molecule has 3 rings (SSSR count). The van der Waals surface area contributed by atoms with Gasteiger partial charge in [0.2, 0.25) is 0 Å². The van der Waals surface area contributed by atoms with Crippen molar-refractivity contribution in [3.05, 3.63) is 60.4 Å². The van der Waals surface area contributed by atoms with Crippen molar-refractivity contribution >= 4 is 28.4 Å². The van der Waals surface area contributed by atoms with E-state index < -0.39 is 0 Å². The van der Waals surface area contributed by atoms with Crippen LogP contribution in [0.2, 0.25) is 0 Å². The molecule has 1 heterocycles. The van der Waals surface area contributed by atoms with Gasteiger partial charge in [-0.2, -0.15) is 0 Å². The minimum absolute atomic E-state index is 0.0187. The van der Waals surface area contributed by atoms with Crippen LogP contribution in [0.5, 0.6) is 5.75 Å². The highest BCUT2D eigenvalue weighted by Gasteiger charge is 2.13. The first-order valence-corrected chi connectivity index (χ1v) is 7.77.